The highest BCUT2D eigenvalue weighted by molar-refractivity contribution is 5.90. The van der Waals surface area contributed by atoms with Crippen LogP contribution < -0.4 is 35.2 Å². The van der Waals surface area contributed by atoms with Crippen LogP contribution in [0.2, 0.25) is 0 Å². The molecule has 330 valence electrons. The van der Waals surface area contributed by atoms with Gasteiger partial charge in [-0.05, 0) is 17.7 Å². The quantitative estimate of drug-likeness (QED) is 0.0361. The molecule has 9 atom stereocenters. The van der Waals surface area contributed by atoms with E-state index in [1.807, 2.05) is 65.6 Å². The Kier molecular flexibility index (Phi) is 11.2. The molecule has 10 rings (SSSR count). The van der Waals surface area contributed by atoms with Gasteiger partial charge < -0.3 is 79.7 Å². The van der Waals surface area contributed by atoms with E-state index in [0.29, 0.717) is 46.1 Å². The summed E-state index contributed by atoms with van der Waals surface area (Å²) in [6.07, 6.45) is -7.35. The summed E-state index contributed by atoms with van der Waals surface area (Å²) in [5, 5.41) is 55.1. The van der Waals surface area contributed by atoms with Crippen LogP contribution in [0.4, 0.5) is 0 Å². The van der Waals surface area contributed by atoms with Gasteiger partial charge >= 0.3 is 11.9 Å². The van der Waals surface area contributed by atoms with Crippen LogP contribution in [0.1, 0.15) is 52.7 Å². The Morgan fingerprint density at radius 1 is 1.06 bits per heavy atom. The molecule has 18 nitrogen and oxygen atoms in total. The van der Waals surface area contributed by atoms with Crippen LogP contribution in [0, 0.1) is 11.8 Å². The fraction of sp³-hybridized carbons (Fsp3) is 0.378. The van der Waals surface area contributed by atoms with Gasteiger partial charge in [-0.25, -0.2) is 0 Å². The first kappa shape index (κ1) is 42.0. The van der Waals surface area contributed by atoms with Crippen LogP contribution in [0.25, 0.3) is 10.9 Å². The van der Waals surface area contributed by atoms with E-state index >= 15 is 0 Å². The molecule has 18 heteroatoms. The maximum atomic E-state index is 12.6. The highest BCUT2D eigenvalue weighted by atomic mass is 16.7. The molecule has 2 bridgehead atoms. The van der Waals surface area contributed by atoms with E-state index in [1.165, 1.54) is 7.11 Å². The predicted octanol–water partition coefficient (Wildman–Crippen LogP) is 1.56. The van der Waals surface area contributed by atoms with Gasteiger partial charge in [-0.15, -0.1) is 0 Å². The number of carboxylic acids is 1. The first-order chi connectivity index (χ1) is 30.4. The Hall–Kier alpha value is -6.30. The molecular formula is C45H46N4O14. The third-order valence-corrected chi connectivity index (χ3v) is 11.9. The number of fused-ring (bicyclic) bond motifs is 9. The van der Waals surface area contributed by atoms with Gasteiger partial charge in [-0.2, -0.15) is 0 Å². The normalized spacial score (nSPS) is 25.8. The molecule has 5 aliphatic rings. The maximum Gasteiger partial charge on any atom is 0.317 e. The summed E-state index contributed by atoms with van der Waals surface area (Å²) in [6.45, 7) is -0.0612. The van der Waals surface area contributed by atoms with Crippen molar-refractivity contribution in [2.45, 2.75) is 86.4 Å². The second kappa shape index (κ2) is 16.8. The number of aromatic amines is 1. The molecular weight excluding hydrogens is 821 g/mol. The van der Waals surface area contributed by atoms with Gasteiger partial charge in [0.25, 0.3) is 0 Å². The molecule has 0 amide bonds. The van der Waals surface area contributed by atoms with Gasteiger partial charge in [0, 0.05) is 66.1 Å². The fourth-order valence-corrected chi connectivity index (χ4v) is 9.10. The van der Waals surface area contributed by atoms with E-state index in [4.69, 9.17) is 44.6 Å². The number of aliphatic carboxylic acids is 1. The van der Waals surface area contributed by atoms with Gasteiger partial charge in [0.15, 0.2) is 17.6 Å². The van der Waals surface area contributed by atoms with Crippen molar-refractivity contribution >= 4 is 22.8 Å². The predicted molar refractivity (Wildman–Crippen MR) is 220 cm³/mol. The highest BCUT2D eigenvalue weighted by Crippen LogP contribution is 2.60. The number of nitrogens with two attached hydrogens (primary N) is 2. The average molecular weight is 867 g/mol. The minimum absolute atomic E-state index is 0.0157. The molecule has 1 saturated heterocycles. The number of nitrogens with zero attached hydrogens (tertiary/aromatic N) is 1. The second-order valence-corrected chi connectivity index (χ2v) is 16.0. The average Bonchev–Trinajstić information content (AvgIpc) is 3.97. The minimum Gasteiger partial charge on any atom is -0.493 e. The number of aliphatic hydroxyl groups excluding tert-OH is 3. The lowest BCUT2D eigenvalue weighted by Gasteiger charge is -2.50. The summed E-state index contributed by atoms with van der Waals surface area (Å²) in [4.78, 5) is 27.1. The van der Waals surface area contributed by atoms with Gasteiger partial charge in [0.1, 0.15) is 60.6 Å². The number of methoxy groups -OCH3 is 1. The van der Waals surface area contributed by atoms with Crippen LogP contribution in [0.3, 0.4) is 0 Å². The molecule has 5 aliphatic heterocycles. The minimum atomic E-state index is -2.47. The van der Waals surface area contributed by atoms with Crippen molar-refractivity contribution in [2.24, 2.45) is 11.5 Å². The summed E-state index contributed by atoms with van der Waals surface area (Å²) in [6, 6.07) is 17.1. The molecule has 63 heavy (non-hydrogen) atoms. The fourth-order valence-electron chi connectivity index (χ4n) is 9.10. The number of nitrogens with one attached hydrogen (secondary N) is 1. The summed E-state index contributed by atoms with van der Waals surface area (Å²) >= 11 is 0. The SMILES string of the molecule is COc1ccc2c(c1OCCO)O[C@H]1c3c(cc4c(c3Cn3cc5cc[nH]c5c3)C#CC[C@]3(O)[C@H](O)[C@@H](O)[C@H](O4)O[C@@H]3[C@H](OC(=O)CC(=O)O)C(N)N)O[C@H](Cc3ccccc3)[C@@H]21. The molecule has 2 aromatic heterocycles. The van der Waals surface area contributed by atoms with Gasteiger partial charge in [0.05, 0.1) is 36.9 Å². The topological polar surface area (TPSA) is 273 Å². The van der Waals surface area contributed by atoms with E-state index < -0.39 is 85.4 Å². The number of rotatable bonds is 13. The highest BCUT2D eigenvalue weighted by Gasteiger charge is 2.60. The lowest BCUT2D eigenvalue weighted by atomic mass is 9.78. The molecule has 5 aromatic rings. The number of carbonyl (C=O) groups excluding carboxylic acids is 1. The molecule has 7 heterocycles. The number of aliphatic hydroxyl groups is 4. The Balaban J connectivity index is 1.22. The lowest BCUT2D eigenvalue weighted by molar-refractivity contribution is -0.324. The molecule has 10 N–H and O–H groups in total. The number of ether oxygens (including phenoxy) is 7. The Morgan fingerprint density at radius 2 is 1.87 bits per heavy atom. The van der Waals surface area contributed by atoms with E-state index in [-0.39, 0.29) is 25.5 Å². The Labute approximate surface area is 359 Å². The summed E-state index contributed by atoms with van der Waals surface area (Å²) in [5.74, 6) is 4.61. The zero-order chi connectivity index (χ0) is 44.2. The molecule has 0 spiro atoms. The number of aromatic nitrogens is 2. The second-order valence-electron chi connectivity index (χ2n) is 16.0. The van der Waals surface area contributed by atoms with Crippen LogP contribution in [0.5, 0.6) is 28.7 Å². The zero-order valence-corrected chi connectivity index (χ0v) is 33.9. The van der Waals surface area contributed by atoms with E-state index in [9.17, 15) is 35.1 Å². The zero-order valence-electron chi connectivity index (χ0n) is 33.9. The van der Waals surface area contributed by atoms with Gasteiger partial charge in [-0.1, -0.05) is 48.2 Å². The van der Waals surface area contributed by atoms with Crippen molar-refractivity contribution in [2.75, 3.05) is 20.3 Å². The van der Waals surface area contributed by atoms with Crippen molar-refractivity contribution in [3.05, 3.63) is 101 Å². The summed E-state index contributed by atoms with van der Waals surface area (Å²) in [5.41, 5.74) is 13.8. The number of carboxylic acid groups (broad SMARTS) is 1. The van der Waals surface area contributed by atoms with Crippen molar-refractivity contribution in [1.29, 1.82) is 0 Å². The largest absolute Gasteiger partial charge is 0.493 e. The number of H-pyrrole nitrogens is 1. The van der Waals surface area contributed by atoms with Crippen LogP contribution >= 0.6 is 0 Å². The Bertz CT molecular complexity index is 2570. The number of esters is 1. The Morgan fingerprint density at radius 3 is 2.60 bits per heavy atom. The number of benzene rings is 3. The van der Waals surface area contributed by atoms with Crippen LogP contribution in [0.15, 0.2) is 73.2 Å². The standard InChI is InChI=1S/C45H46N4O14/c1-57-28-10-9-25-34-30(16-22-6-3-2-4-7-22)59-31-17-29-24(26(20-49-19-23-11-13-48-27(23)21-49)35(31)39(34)62-37(25)38(28)58-15-14-50)8-5-12-45(56)41(55)36(54)44(60-29)63-42(45)40(43(46)47)61-33(53)18-32(51)52/h2-4,6-7,9-11,13,17,19,21,30,34,36,39-44,48,50,54-56H,12,14-16,18,20,46-47H2,1H3,(H,51,52)/t30-,34-,36-,39-,40+,41-,42-,44-,45+/m1/s1. The monoisotopic (exact) mass is 866 g/mol. The molecule has 0 aliphatic carbocycles. The van der Waals surface area contributed by atoms with E-state index in [2.05, 4.69) is 16.8 Å². The van der Waals surface area contributed by atoms with Crippen LogP contribution in [-0.2, 0) is 32.0 Å². The molecule has 0 radical (unpaired) electrons. The molecule has 0 saturated carbocycles. The van der Waals surface area contributed by atoms with Gasteiger partial charge in [0.2, 0.25) is 12.0 Å². The van der Waals surface area contributed by atoms with Crippen molar-refractivity contribution in [3.63, 3.8) is 0 Å². The van der Waals surface area contributed by atoms with Crippen LogP contribution in [-0.4, -0.2) is 116 Å². The smallest absolute Gasteiger partial charge is 0.317 e. The molecule has 3 aromatic carbocycles. The van der Waals surface area contributed by atoms with E-state index in [0.717, 1.165) is 22.0 Å². The number of hydrogen-bond acceptors (Lipinski definition) is 15. The van der Waals surface area contributed by atoms with E-state index in [1.54, 1.807) is 12.1 Å². The van der Waals surface area contributed by atoms with Crippen molar-refractivity contribution in [3.8, 4) is 40.6 Å². The maximum absolute atomic E-state index is 12.6. The molecule has 1 fully saturated rings. The first-order valence-electron chi connectivity index (χ1n) is 20.3. The summed E-state index contributed by atoms with van der Waals surface area (Å²) < 4.78 is 45.7. The molecule has 0 unspecified atom stereocenters. The third-order valence-electron chi connectivity index (χ3n) is 11.9. The van der Waals surface area contributed by atoms with Gasteiger partial charge in [-0.3, -0.25) is 9.59 Å². The first-order valence-corrected chi connectivity index (χ1v) is 20.3. The lowest BCUT2D eigenvalue weighted by Crippen LogP contribution is -2.72. The summed E-state index contributed by atoms with van der Waals surface area (Å²) in [7, 11) is 1.52. The van der Waals surface area contributed by atoms with Crippen molar-refractivity contribution < 1.29 is 68.3 Å². The van der Waals surface area contributed by atoms with Crippen molar-refractivity contribution in [1.82, 2.24) is 9.55 Å². The number of carbonyl (C=O) groups is 2. The third kappa shape index (κ3) is 7.57. The number of hydrogen-bond donors (Lipinski definition) is 8.